The summed E-state index contributed by atoms with van der Waals surface area (Å²) in [5.41, 5.74) is 2.52. The Hall–Kier alpha value is -0.380. The van der Waals surface area contributed by atoms with Crippen molar-refractivity contribution in [3.05, 3.63) is 48.0 Å². The fraction of sp³-hybridized carbons (Fsp3) is 0.429. The van der Waals surface area contributed by atoms with Gasteiger partial charge in [0.2, 0.25) is 0 Å². The first-order chi connectivity index (χ1) is 8.25. The Morgan fingerprint density at radius 3 is 2.88 bits per heavy atom. The van der Waals surface area contributed by atoms with Crippen molar-refractivity contribution in [2.24, 2.45) is 0 Å². The second-order valence-corrected chi connectivity index (χ2v) is 7.15. The Morgan fingerprint density at radius 1 is 1.41 bits per heavy atom. The Balaban J connectivity index is 1.78. The van der Waals surface area contributed by atoms with E-state index in [1.54, 1.807) is 0 Å². The lowest BCUT2D eigenvalue weighted by Gasteiger charge is -2.11. The van der Waals surface area contributed by atoms with E-state index in [-0.39, 0.29) is 0 Å². The second-order valence-electron chi connectivity index (χ2n) is 4.31. The minimum atomic E-state index is 0.578. The van der Waals surface area contributed by atoms with E-state index in [4.69, 9.17) is 4.74 Å². The molecule has 1 aromatic carbocycles. The molecule has 2 rings (SSSR count). The van der Waals surface area contributed by atoms with Crippen molar-refractivity contribution in [2.45, 2.75) is 16.8 Å². The average molecular weight is 266 g/mol. The van der Waals surface area contributed by atoms with Crippen LogP contribution in [0.4, 0.5) is 0 Å². The molecule has 0 saturated carbocycles. The van der Waals surface area contributed by atoms with Crippen LogP contribution in [-0.4, -0.2) is 24.2 Å². The Bertz CT molecular complexity index is 364. The molecule has 0 radical (unpaired) electrons. The number of benzene rings is 1. The van der Waals surface area contributed by atoms with E-state index in [1.165, 1.54) is 11.3 Å². The smallest absolute Gasteiger partial charge is 0.0755 e. The van der Waals surface area contributed by atoms with Gasteiger partial charge in [-0.05, 0) is 12.5 Å². The van der Waals surface area contributed by atoms with Gasteiger partial charge >= 0.3 is 0 Å². The van der Waals surface area contributed by atoms with Crippen LogP contribution in [0.5, 0.6) is 0 Å². The fourth-order valence-corrected chi connectivity index (χ4v) is 4.93. The van der Waals surface area contributed by atoms with Gasteiger partial charge in [0.1, 0.15) is 0 Å². The third-order valence-electron chi connectivity index (χ3n) is 2.47. The summed E-state index contributed by atoms with van der Waals surface area (Å²) < 4.78 is 6.21. The molecule has 1 aliphatic heterocycles. The zero-order chi connectivity index (χ0) is 12.1. The summed E-state index contributed by atoms with van der Waals surface area (Å²) in [6.45, 7) is 7.38. The minimum Gasteiger partial charge on any atom is -0.376 e. The van der Waals surface area contributed by atoms with E-state index < -0.39 is 0 Å². The van der Waals surface area contributed by atoms with E-state index >= 15 is 0 Å². The molecule has 0 N–H and O–H groups in total. The van der Waals surface area contributed by atoms with Gasteiger partial charge in [0.25, 0.3) is 0 Å². The number of hydrogen-bond donors (Lipinski definition) is 0. The van der Waals surface area contributed by atoms with Crippen LogP contribution in [0.1, 0.15) is 17.1 Å². The van der Waals surface area contributed by atoms with Gasteiger partial charge in [-0.25, -0.2) is 0 Å². The van der Waals surface area contributed by atoms with Crippen molar-refractivity contribution in [1.82, 2.24) is 0 Å². The first kappa shape index (κ1) is 13.1. The molecular weight excluding hydrogens is 248 g/mol. The van der Waals surface area contributed by atoms with Crippen LogP contribution >= 0.6 is 23.5 Å². The lowest BCUT2D eigenvalue weighted by atomic mass is 10.2. The van der Waals surface area contributed by atoms with Gasteiger partial charge in [-0.2, -0.15) is 0 Å². The van der Waals surface area contributed by atoms with Crippen molar-refractivity contribution >= 4 is 23.5 Å². The molecule has 0 amide bonds. The molecule has 2 atom stereocenters. The van der Waals surface area contributed by atoms with E-state index in [1.807, 2.05) is 30.4 Å². The van der Waals surface area contributed by atoms with Crippen molar-refractivity contribution in [3.8, 4) is 0 Å². The molecule has 1 nitrogen and oxygen atoms in total. The van der Waals surface area contributed by atoms with Crippen LogP contribution < -0.4 is 0 Å². The maximum absolute atomic E-state index is 5.63. The van der Waals surface area contributed by atoms with Gasteiger partial charge in [0, 0.05) is 11.0 Å². The van der Waals surface area contributed by atoms with Crippen molar-refractivity contribution in [1.29, 1.82) is 0 Å². The van der Waals surface area contributed by atoms with Gasteiger partial charge in [0.05, 0.1) is 17.8 Å². The monoisotopic (exact) mass is 266 g/mol. The molecule has 2 unspecified atom stereocenters. The summed E-state index contributed by atoms with van der Waals surface area (Å²) in [5, 5.41) is 0.615. The molecule has 1 aliphatic rings. The second kappa shape index (κ2) is 6.53. The van der Waals surface area contributed by atoms with Crippen LogP contribution in [0.2, 0.25) is 0 Å². The van der Waals surface area contributed by atoms with Crippen LogP contribution in [0, 0.1) is 0 Å². The van der Waals surface area contributed by atoms with Crippen molar-refractivity contribution < 1.29 is 4.74 Å². The maximum Gasteiger partial charge on any atom is 0.0755 e. The predicted octanol–water partition coefficient (Wildman–Crippen LogP) is 4.13. The molecule has 92 valence electrons. The van der Waals surface area contributed by atoms with Gasteiger partial charge in [0.15, 0.2) is 0 Å². The third kappa shape index (κ3) is 4.09. The SMILES string of the molecule is C=C(C)COCC1CSC(c2ccccc2)S1. The van der Waals surface area contributed by atoms with Gasteiger partial charge in [-0.3, -0.25) is 0 Å². The molecule has 0 aromatic heterocycles. The van der Waals surface area contributed by atoms with Crippen LogP contribution in [0.3, 0.4) is 0 Å². The summed E-state index contributed by atoms with van der Waals surface area (Å²) in [6, 6.07) is 10.7. The molecule has 0 aliphatic carbocycles. The highest BCUT2D eigenvalue weighted by Gasteiger charge is 2.26. The summed E-state index contributed by atoms with van der Waals surface area (Å²) in [4.78, 5) is 0. The molecule has 1 fully saturated rings. The van der Waals surface area contributed by atoms with E-state index in [2.05, 4.69) is 36.9 Å². The number of thioether (sulfide) groups is 2. The summed E-state index contributed by atoms with van der Waals surface area (Å²) in [6.07, 6.45) is 0. The van der Waals surface area contributed by atoms with E-state index in [0.717, 1.165) is 12.2 Å². The normalized spacial score (nSPS) is 23.8. The number of rotatable bonds is 5. The topological polar surface area (TPSA) is 9.23 Å². The third-order valence-corrected chi connectivity index (χ3v) is 5.80. The number of ether oxygens (including phenoxy) is 1. The molecule has 0 bridgehead atoms. The van der Waals surface area contributed by atoms with Crippen LogP contribution in [-0.2, 0) is 4.74 Å². The summed E-state index contributed by atoms with van der Waals surface area (Å²) in [7, 11) is 0. The van der Waals surface area contributed by atoms with Gasteiger partial charge in [-0.15, -0.1) is 23.5 Å². The standard InChI is InChI=1S/C14H18OS2/c1-11(2)8-15-9-13-10-16-14(17-13)12-6-4-3-5-7-12/h3-7,13-14H,1,8-10H2,2H3. The molecule has 1 heterocycles. The highest BCUT2D eigenvalue weighted by atomic mass is 32.2. The lowest BCUT2D eigenvalue weighted by molar-refractivity contribution is 0.161. The summed E-state index contributed by atoms with van der Waals surface area (Å²) >= 11 is 4.05. The molecule has 0 spiro atoms. The predicted molar refractivity (Wildman–Crippen MR) is 78.7 cm³/mol. The Morgan fingerprint density at radius 2 is 2.18 bits per heavy atom. The number of hydrogen-bond acceptors (Lipinski definition) is 3. The lowest BCUT2D eigenvalue weighted by Crippen LogP contribution is -2.12. The first-order valence-corrected chi connectivity index (χ1v) is 7.79. The van der Waals surface area contributed by atoms with Crippen molar-refractivity contribution in [3.63, 3.8) is 0 Å². The van der Waals surface area contributed by atoms with Crippen LogP contribution in [0.15, 0.2) is 42.5 Å². The Labute approximate surface area is 112 Å². The highest BCUT2D eigenvalue weighted by Crippen LogP contribution is 2.49. The largest absolute Gasteiger partial charge is 0.376 e. The quantitative estimate of drug-likeness (QED) is 0.742. The minimum absolute atomic E-state index is 0.578. The van der Waals surface area contributed by atoms with Crippen molar-refractivity contribution in [2.75, 3.05) is 19.0 Å². The van der Waals surface area contributed by atoms with E-state index in [9.17, 15) is 0 Å². The van der Waals surface area contributed by atoms with Gasteiger partial charge < -0.3 is 4.74 Å². The average Bonchev–Trinajstić information content (AvgIpc) is 2.78. The summed E-state index contributed by atoms with van der Waals surface area (Å²) in [5.74, 6) is 1.18. The zero-order valence-electron chi connectivity index (χ0n) is 10.1. The molecular formula is C14H18OS2. The van der Waals surface area contributed by atoms with Gasteiger partial charge in [-0.1, -0.05) is 42.5 Å². The Kier molecular flexibility index (Phi) is 5.01. The maximum atomic E-state index is 5.63. The molecule has 17 heavy (non-hydrogen) atoms. The zero-order valence-corrected chi connectivity index (χ0v) is 11.7. The van der Waals surface area contributed by atoms with E-state index in [0.29, 0.717) is 16.4 Å². The molecule has 1 saturated heterocycles. The molecule has 1 aromatic rings. The highest BCUT2D eigenvalue weighted by molar-refractivity contribution is 8.19. The first-order valence-electron chi connectivity index (χ1n) is 5.80. The molecule has 3 heteroatoms. The van der Waals surface area contributed by atoms with Crippen LogP contribution in [0.25, 0.3) is 0 Å². The fourth-order valence-electron chi connectivity index (χ4n) is 1.69.